The highest BCUT2D eigenvalue weighted by Crippen LogP contribution is 2.25. The molecule has 0 fully saturated rings. The molecule has 0 aromatic carbocycles. The molecule has 0 saturated carbocycles. The van der Waals surface area contributed by atoms with Gasteiger partial charge in [-0.1, -0.05) is 23.2 Å². The monoisotopic (exact) mass is 197 g/mol. The molecule has 1 rings (SSSR count). The molecule has 0 bridgehead atoms. The molecule has 0 spiro atoms. The van der Waals surface area contributed by atoms with Crippen molar-refractivity contribution in [3.63, 3.8) is 0 Å². The van der Waals surface area contributed by atoms with Crippen LogP contribution in [0.1, 0.15) is 12.0 Å². The maximum absolute atomic E-state index is 11.9. The highest BCUT2D eigenvalue weighted by Gasteiger charge is 2.09. The summed E-state index contributed by atoms with van der Waals surface area (Å²) in [6, 6.07) is 1.10. The zero-order valence-electron chi connectivity index (χ0n) is 5.19. The minimum Gasteiger partial charge on any atom is -0.242 e. The molecule has 1 nitrogen and oxygen atoms in total. The van der Waals surface area contributed by atoms with E-state index in [1.165, 1.54) is 0 Å². The molecule has 0 radical (unpaired) electrons. The van der Waals surface area contributed by atoms with E-state index in [-0.39, 0.29) is 15.7 Å². The minimum absolute atomic E-state index is 0.0380. The predicted molar refractivity (Wildman–Crippen MR) is 39.2 cm³/mol. The molecule has 0 N–H and O–H groups in total. The lowest BCUT2D eigenvalue weighted by Gasteiger charge is -1.99. The van der Waals surface area contributed by atoms with Gasteiger partial charge in [-0.05, 0) is 6.07 Å². The van der Waals surface area contributed by atoms with Crippen molar-refractivity contribution in [1.82, 2.24) is 4.98 Å². The van der Waals surface area contributed by atoms with E-state index in [0.29, 0.717) is 0 Å². The van der Waals surface area contributed by atoms with Gasteiger partial charge in [-0.2, -0.15) is 0 Å². The van der Waals surface area contributed by atoms with Gasteiger partial charge in [0.25, 0.3) is 6.43 Å². The Kier molecular flexibility index (Phi) is 2.62. The summed E-state index contributed by atoms with van der Waals surface area (Å²) >= 11 is 10.8. The summed E-state index contributed by atoms with van der Waals surface area (Å²) in [7, 11) is 0. The van der Waals surface area contributed by atoms with Gasteiger partial charge in [-0.15, -0.1) is 0 Å². The van der Waals surface area contributed by atoms with Gasteiger partial charge in [0.05, 0.1) is 5.02 Å². The fourth-order valence-electron chi connectivity index (χ4n) is 0.555. The predicted octanol–water partition coefficient (Wildman–Crippen LogP) is 3.33. The van der Waals surface area contributed by atoms with E-state index in [2.05, 4.69) is 4.98 Å². The van der Waals surface area contributed by atoms with Gasteiger partial charge in [-0.25, -0.2) is 13.8 Å². The molecule has 11 heavy (non-hydrogen) atoms. The number of hydrogen-bond acceptors (Lipinski definition) is 1. The van der Waals surface area contributed by atoms with Crippen LogP contribution in [-0.4, -0.2) is 4.98 Å². The van der Waals surface area contributed by atoms with Crippen molar-refractivity contribution >= 4 is 23.2 Å². The molecule has 60 valence electrons. The number of halogens is 4. The average Bonchev–Trinajstić information content (AvgIpc) is 1.94. The van der Waals surface area contributed by atoms with Crippen molar-refractivity contribution in [3.8, 4) is 0 Å². The number of rotatable bonds is 1. The third-order valence-electron chi connectivity index (χ3n) is 1.07. The largest absolute Gasteiger partial charge is 0.265 e. The van der Waals surface area contributed by atoms with Crippen LogP contribution < -0.4 is 0 Å². The van der Waals surface area contributed by atoms with E-state index in [9.17, 15) is 8.78 Å². The van der Waals surface area contributed by atoms with Crippen molar-refractivity contribution in [2.24, 2.45) is 0 Å². The summed E-state index contributed by atoms with van der Waals surface area (Å²) in [6.07, 6.45) is -1.56. The molecule has 5 heteroatoms. The van der Waals surface area contributed by atoms with Crippen molar-refractivity contribution in [2.45, 2.75) is 6.43 Å². The number of aromatic nitrogens is 1. The zero-order valence-corrected chi connectivity index (χ0v) is 6.70. The van der Waals surface area contributed by atoms with Gasteiger partial charge in [0, 0.05) is 11.8 Å². The smallest absolute Gasteiger partial charge is 0.242 e. The van der Waals surface area contributed by atoms with Crippen LogP contribution >= 0.6 is 23.2 Å². The standard InChI is InChI=1S/C6H3Cl2F2N/c7-4-1-3(6(9)10)2-11-5(4)8/h1-2,6H. The third-order valence-corrected chi connectivity index (χ3v) is 1.76. The van der Waals surface area contributed by atoms with Gasteiger partial charge in [0.1, 0.15) is 5.15 Å². The molecule has 0 atom stereocenters. The summed E-state index contributed by atoms with van der Waals surface area (Å²) in [5.74, 6) is 0. The summed E-state index contributed by atoms with van der Waals surface area (Å²) in [6.45, 7) is 0. The Balaban J connectivity index is 3.05. The van der Waals surface area contributed by atoms with Crippen LogP contribution in [0.5, 0.6) is 0 Å². The second kappa shape index (κ2) is 3.32. The quantitative estimate of drug-likeness (QED) is 0.630. The lowest BCUT2D eigenvalue weighted by molar-refractivity contribution is 0.151. The van der Waals surface area contributed by atoms with Crippen LogP contribution in [-0.2, 0) is 0 Å². The van der Waals surface area contributed by atoms with Gasteiger partial charge >= 0.3 is 0 Å². The van der Waals surface area contributed by atoms with Gasteiger partial charge in [0.2, 0.25) is 0 Å². The Morgan fingerprint density at radius 2 is 2.00 bits per heavy atom. The topological polar surface area (TPSA) is 12.9 Å². The average molecular weight is 198 g/mol. The lowest BCUT2D eigenvalue weighted by Crippen LogP contribution is -1.86. The van der Waals surface area contributed by atoms with Crippen LogP contribution in [0.4, 0.5) is 8.78 Å². The first-order chi connectivity index (χ1) is 5.11. The van der Waals surface area contributed by atoms with E-state index in [1.54, 1.807) is 0 Å². The van der Waals surface area contributed by atoms with Gasteiger partial charge < -0.3 is 0 Å². The highest BCUT2D eigenvalue weighted by molar-refractivity contribution is 6.41. The second-order valence-electron chi connectivity index (χ2n) is 1.84. The highest BCUT2D eigenvalue weighted by atomic mass is 35.5. The third kappa shape index (κ3) is 2.01. The van der Waals surface area contributed by atoms with Crippen molar-refractivity contribution in [2.75, 3.05) is 0 Å². The molecule has 0 aliphatic carbocycles. The first kappa shape index (κ1) is 8.68. The van der Waals surface area contributed by atoms with E-state index in [0.717, 1.165) is 12.3 Å². The van der Waals surface area contributed by atoms with E-state index >= 15 is 0 Å². The summed E-state index contributed by atoms with van der Waals surface area (Å²) in [4.78, 5) is 3.45. The Morgan fingerprint density at radius 3 is 2.45 bits per heavy atom. The number of alkyl halides is 2. The van der Waals surface area contributed by atoms with Crippen LogP contribution in [0.3, 0.4) is 0 Å². The molecule has 0 amide bonds. The van der Waals surface area contributed by atoms with E-state index in [4.69, 9.17) is 23.2 Å². The number of nitrogens with zero attached hydrogens (tertiary/aromatic N) is 1. The Bertz CT molecular complexity index is 265. The normalized spacial score (nSPS) is 10.6. The lowest BCUT2D eigenvalue weighted by atomic mass is 10.3. The van der Waals surface area contributed by atoms with Crippen LogP contribution in [0, 0.1) is 0 Å². The molecule has 0 saturated heterocycles. The number of hydrogen-bond donors (Lipinski definition) is 0. The first-order valence-electron chi connectivity index (χ1n) is 2.70. The van der Waals surface area contributed by atoms with E-state index < -0.39 is 6.43 Å². The molecule has 0 aliphatic rings. The number of pyridine rings is 1. The maximum atomic E-state index is 11.9. The Hall–Kier alpha value is -0.410. The van der Waals surface area contributed by atoms with Crippen molar-refractivity contribution in [3.05, 3.63) is 28.0 Å². The maximum Gasteiger partial charge on any atom is 0.265 e. The summed E-state index contributed by atoms with van der Waals surface area (Å²) in [5, 5.41) is 0.0838. The molecular formula is C6H3Cl2F2N. The van der Waals surface area contributed by atoms with Crippen LogP contribution in [0.25, 0.3) is 0 Å². The molecule has 1 aromatic heterocycles. The molecular weight excluding hydrogens is 195 g/mol. The molecule has 1 heterocycles. The van der Waals surface area contributed by atoms with E-state index in [1.807, 2.05) is 0 Å². The molecule has 0 aliphatic heterocycles. The fraction of sp³-hybridized carbons (Fsp3) is 0.167. The molecule has 0 unspecified atom stereocenters. The SMILES string of the molecule is FC(F)c1cnc(Cl)c(Cl)c1. The Labute approximate surface area is 72.0 Å². The summed E-state index contributed by atoms with van der Waals surface area (Å²) < 4.78 is 23.9. The first-order valence-corrected chi connectivity index (χ1v) is 3.46. The van der Waals surface area contributed by atoms with Crippen LogP contribution in [0.15, 0.2) is 12.3 Å². The van der Waals surface area contributed by atoms with Crippen LogP contribution in [0.2, 0.25) is 10.2 Å². The van der Waals surface area contributed by atoms with Crippen molar-refractivity contribution in [1.29, 1.82) is 0 Å². The molecule has 1 aromatic rings. The second-order valence-corrected chi connectivity index (χ2v) is 2.61. The Morgan fingerprint density at radius 1 is 1.36 bits per heavy atom. The summed E-state index contributed by atoms with van der Waals surface area (Å²) in [5.41, 5.74) is -0.223. The fourth-order valence-corrected chi connectivity index (χ4v) is 0.833. The minimum atomic E-state index is -2.56. The zero-order chi connectivity index (χ0) is 8.43. The van der Waals surface area contributed by atoms with Crippen molar-refractivity contribution < 1.29 is 8.78 Å². The van der Waals surface area contributed by atoms with Gasteiger partial charge in [0.15, 0.2) is 0 Å². The van der Waals surface area contributed by atoms with Gasteiger partial charge in [-0.3, -0.25) is 0 Å².